The molecule has 106 valence electrons. The van der Waals surface area contributed by atoms with Crippen LogP contribution in [-0.4, -0.2) is 67.7 Å². The molecule has 0 saturated carbocycles. The summed E-state index contributed by atoms with van der Waals surface area (Å²) < 4.78 is 5.71. The highest BCUT2D eigenvalue weighted by molar-refractivity contribution is 8.20. The van der Waals surface area contributed by atoms with Crippen LogP contribution in [0.3, 0.4) is 0 Å². The van der Waals surface area contributed by atoms with Crippen LogP contribution in [0.2, 0.25) is 0 Å². The Morgan fingerprint density at radius 1 is 1.28 bits per heavy atom. The first-order chi connectivity index (χ1) is 8.67. The minimum absolute atomic E-state index is 0.149. The standard InChI is InChI=1S/C11H20O4S3/c12-4-7-8(13)9(14)10(15-7)11-17-5-6(18-11)2-1-3-16/h6-14,16H,1-5H2. The highest BCUT2D eigenvalue weighted by Gasteiger charge is 2.48. The number of hydrogen-bond donors (Lipinski definition) is 4. The monoisotopic (exact) mass is 312 g/mol. The van der Waals surface area contributed by atoms with Crippen molar-refractivity contribution in [2.24, 2.45) is 0 Å². The average Bonchev–Trinajstić information content (AvgIpc) is 2.94. The van der Waals surface area contributed by atoms with Gasteiger partial charge in [0.05, 0.1) is 11.2 Å². The van der Waals surface area contributed by atoms with E-state index >= 15 is 0 Å². The molecule has 6 unspecified atom stereocenters. The van der Waals surface area contributed by atoms with Crippen molar-refractivity contribution in [3.8, 4) is 0 Å². The summed E-state index contributed by atoms with van der Waals surface area (Å²) in [6, 6.07) is 0. The molecule has 0 aliphatic carbocycles. The molecule has 6 atom stereocenters. The molecular formula is C11H20O4S3. The van der Waals surface area contributed by atoms with E-state index in [0.29, 0.717) is 5.25 Å². The van der Waals surface area contributed by atoms with Crippen LogP contribution < -0.4 is 0 Å². The summed E-state index contributed by atoms with van der Waals surface area (Å²) in [5.74, 6) is 1.95. The molecule has 2 saturated heterocycles. The summed E-state index contributed by atoms with van der Waals surface area (Å²) in [7, 11) is 0. The third kappa shape index (κ3) is 3.31. The first-order valence-corrected chi connectivity index (χ1v) is 8.80. The second kappa shape index (κ2) is 7.06. The first-order valence-electron chi connectivity index (χ1n) is 6.17. The molecule has 2 heterocycles. The van der Waals surface area contributed by atoms with Gasteiger partial charge < -0.3 is 20.1 Å². The van der Waals surface area contributed by atoms with E-state index in [4.69, 9.17) is 9.84 Å². The Morgan fingerprint density at radius 2 is 2.06 bits per heavy atom. The van der Waals surface area contributed by atoms with Crippen LogP contribution in [0.1, 0.15) is 12.8 Å². The number of ether oxygens (including phenoxy) is 1. The molecule has 0 aromatic heterocycles. The Hall–Kier alpha value is 0.890. The van der Waals surface area contributed by atoms with Crippen LogP contribution >= 0.6 is 36.2 Å². The van der Waals surface area contributed by atoms with Crippen molar-refractivity contribution in [2.45, 2.75) is 47.1 Å². The van der Waals surface area contributed by atoms with E-state index in [1.807, 2.05) is 11.8 Å². The van der Waals surface area contributed by atoms with Crippen LogP contribution in [-0.2, 0) is 4.74 Å². The molecule has 4 nitrogen and oxygen atoms in total. The third-order valence-corrected chi connectivity index (χ3v) is 7.09. The van der Waals surface area contributed by atoms with Crippen LogP contribution in [0.4, 0.5) is 0 Å². The lowest BCUT2D eigenvalue weighted by Crippen LogP contribution is -2.36. The van der Waals surface area contributed by atoms with E-state index in [1.165, 1.54) is 0 Å². The fraction of sp³-hybridized carbons (Fsp3) is 1.00. The number of rotatable bonds is 5. The number of hydrogen-bond acceptors (Lipinski definition) is 7. The minimum Gasteiger partial charge on any atom is -0.394 e. The van der Waals surface area contributed by atoms with Gasteiger partial charge in [-0.1, -0.05) is 0 Å². The van der Waals surface area contributed by atoms with Crippen molar-refractivity contribution in [2.75, 3.05) is 18.1 Å². The topological polar surface area (TPSA) is 69.9 Å². The highest BCUT2D eigenvalue weighted by Crippen LogP contribution is 2.45. The van der Waals surface area contributed by atoms with Crippen LogP contribution in [0, 0.1) is 0 Å². The molecule has 3 N–H and O–H groups in total. The number of aliphatic hydroxyl groups is 3. The van der Waals surface area contributed by atoms with Gasteiger partial charge in [0.2, 0.25) is 0 Å². The van der Waals surface area contributed by atoms with E-state index in [9.17, 15) is 10.2 Å². The maximum Gasteiger partial charge on any atom is 0.111 e. The summed E-state index contributed by atoms with van der Waals surface area (Å²) in [4.78, 5) is 0. The average molecular weight is 312 g/mol. The Labute approximate surface area is 121 Å². The summed E-state index contributed by atoms with van der Waals surface area (Å²) in [5.41, 5.74) is 0. The van der Waals surface area contributed by atoms with Crippen molar-refractivity contribution in [1.29, 1.82) is 0 Å². The fourth-order valence-electron chi connectivity index (χ4n) is 2.27. The number of aliphatic hydroxyl groups excluding tert-OH is 3. The van der Waals surface area contributed by atoms with Crippen molar-refractivity contribution < 1.29 is 20.1 Å². The lowest BCUT2D eigenvalue weighted by Gasteiger charge is -2.20. The molecule has 0 amide bonds. The summed E-state index contributed by atoms with van der Waals surface area (Å²) >= 11 is 7.81. The predicted molar refractivity (Wildman–Crippen MR) is 78.5 cm³/mol. The SMILES string of the molecule is OCC1OC(C2SCC(CCCS)S2)C(O)C1O. The summed E-state index contributed by atoms with van der Waals surface area (Å²) in [5, 5.41) is 29.3. The molecule has 0 bridgehead atoms. The zero-order valence-corrected chi connectivity index (χ0v) is 12.5. The smallest absolute Gasteiger partial charge is 0.111 e. The third-order valence-electron chi connectivity index (χ3n) is 3.30. The van der Waals surface area contributed by atoms with E-state index < -0.39 is 18.3 Å². The molecule has 7 heteroatoms. The van der Waals surface area contributed by atoms with Gasteiger partial charge in [-0.3, -0.25) is 0 Å². The zero-order chi connectivity index (χ0) is 13.1. The lowest BCUT2D eigenvalue weighted by molar-refractivity contribution is -0.0176. The molecule has 2 rings (SSSR count). The zero-order valence-electron chi connectivity index (χ0n) is 10.0. The van der Waals surface area contributed by atoms with Gasteiger partial charge in [-0.25, -0.2) is 0 Å². The van der Waals surface area contributed by atoms with Gasteiger partial charge in [0.25, 0.3) is 0 Å². The van der Waals surface area contributed by atoms with E-state index in [-0.39, 0.29) is 17.3 Å². The van der Waals surface area contributed by atoms with E-state index in [2.05, 4.69) is 12.6 Å². The fourth-order valence-corrected chi connectivity index (χ4v) is 6.07. The Bertz CT molecular complexity index is 269. The van der Waals surface area contributed by atoms with Crippen molar-refractivity contribution in [3.63, 3.8) is 0 Å². The second-order valence-corrected chi connectivity index (χ2v) is 8.00. The molecule has 0 radical (unpaired) electrons. The van der Waals surface area contributed by atoms with Gasteiger partial charge in [0, 0.05) is 11.0 Å². The quantitative estimate of drug-likeness (QED) is 0.549. The van der Waals surface area contributed by atoms with Gasteiger partial charge in [-0.2, -0.15) is 12.6 Å². The van der Waals surface area contributed by atoms with Crippen LogP contribution in [0.5, 0.6) is 0 Å². The van der Waals surface area contributed by atoms with Crippen molar-refractivity contribution in [3.05, 3.63) is 0 Å². The molecule has 2 aliphatic rings. The van der Waals surface area contributed by atoms with Gasteiger partial charge in [-0.05, 0) is 18.6 Å². The summed E-state index contributed by atoms with van der Waals surface area (Å²) in [6.07, 6.45) is -0.666. The molecule has 0 spiro atoms. The maximum atomic E-state index is 9.96. The Balaban J connectivity index is 1.86. The maximum absolute atomic E-state index is 9.96. The first kappa shape index (κ1) is 15.3. The lowest BCUT2D eigenvalue weighted by atomic mass is 10.1. The van der Waals surface area contributed by atoms with Gasteiger partial charge in [0.15, 0.2) is 0 Å². The van der Waals surface area contributed by atoms with Gasteiger partial charge in [0.1, 0.15) is 24.4 Å². The van der Waals surface area contributed by atoms with Gasteiger partial charge >= 0.3 is 0 Å². The molecule has 0 aromatic carbocycles. The van der Waals surface area contributed by atoms with Crippen LogP contribution in [0.25, 0.3) is 0 Å². The molecular weight excluding hydrogens is 292 g/mol. The van der Waals surface area contributed by atoms with Gasteiger partial charge in [-0.15, -0.1) is 23.5 Å². The Morgan fingerprint density at radius 3 is 2.67 bits per heavy atom. The molecule has 2 aliphatic heterocycles. The van der Waals surface area contributed by atoms with Crippen molar-refractivity contribution >= 4 is 36.2 Å². The van der Waals surface area contributed by atoms with E-state index in [1.54, 1.807) is 11.8 Å². The van der Waals surface area contributed by atoms with E-state index in [0.717, 1.165) is 24.3 Å². The Kier molecular flexibility index (Phi) is 5.99. The molecule has 2 fully saturated rings. The molecule has 18 heavy (non-hydrogen) atoms. The summed E-state index contributed by atoms with van der Waals surface area (Å²) in [6.45, 7) is -0.250. The van der Waals surface area contributed by atoms with Crippen molar-refractivity contribution in [1.82, 2.24) is 0 Å². The minimum atomic E-state index is -0.974. The van der Waals surface area contributed by atoms with Crippen LogP contribution in [0.15, 0.2) is 0 Å². The highest BCUT2D eigenvalue weighted by atomic mass is 32.2. The largest absolute Gasteiger partial charge is 0.394 e. The number of thioether (sulfide) groups is 2. The molecule has 0 aromatic rings. The number of thiol groups is 1. The predicted octanol–water partition coefficient (Wildman–Crippen LogP) is 0.353. The normalized spacial score (nSPS) is 44.7. The second-order valence-electron chi connectivity index (χ2n) is 4.63.